The van der Waals surface area contributed by atoms with E-state index in [4.69, 9.17) is 23.2 Å². The Morgan fingerprint density at radius 3 is 2.71 bits per heavy atom. The van der Waals surface area contributed by atoms with Crippen molar-refractivity contribution in [1.82, 2.24) is 0 Å². The third kappa shape index (κ3) is 2.37. The van der Waals surface area contributed by atoms with Gasteiger partial charge < -0.3 is 5.11 Å². The third-order valence-electron chi connectivity index (χ3n) is 4.45. The van der Waals surface area contributed by atoms with Crippen molar-refractivity contribution < 1.29 is 5.11 Å². The first kappa shape index (κ1) is 12.3. The maximum absolute atomic E-state index is 10.3. The Hall–Kier alpha value is 0.240. The first-order chi connectivity index (χ1) is 8.13. The van der Waals surface area contributed by atoms with Gasteiger partial charge in [0.1, 0.15) is 4.34 Å². The quantitative estimate of drug-likeness (QED) is 0.838. The lowest BCUT2D eigenvalue weighted by Gasteiger charge is -2.24. The first-order valence-electron chi connectivity index (χ1n) is 6.26. The van der Waals surface area contributed by atoms with Gasteiger partial charge in [0.2, 0.25) is 0 Å². The molecule has 1 N–H and O–H groups in total. The molecule has 0 spiro atoms. The number of aliphatic hydroxyl groups excluding tert-OH is 1. The lowest BCUT2D eigenvalue weighted by Crippen LogP contribution is -2.14. The van der Waals surface area contributed by atoms with Crippen molar-refractivity contribution in [3.8, 4) is 0 Å². The molecule has 2 aliphatic carbocycles. The van der Waals surface area contributed by atoms with Crippen LogP contribution in [0.4, 0.5) is 0 Å². The smallest absolute Gasteiger partial charge is 0.100 e. The summed E-state index contributed by atoms with van der Waals surface area (Å²) < 4.78 is 1.31. The monoisotopic (exact) mass is 290 g/mol. The number of aliphatic hydroxyl groups is 1. The molecule has 2 aliphatic rings. The largest absolute Gasteiger partial charge is 0.388 e. The van der Waals surface area contributed by atoms with E-state index in [1.54, 1.807) is 0 Å². The van der Waals surface area contributed by atoms with Crippen molar-refractivity contribution in [3.05, 3.63) is 20.3 Å². The van der Waals surface area contributed by atoms with Crippen LogP contribution in [0.2, 0.25) is 8.67 Å². The molecule has 0 aromatic carbocycles. The third-order valence-corrected chi connectivity index (χ3v) is 5.97. The second-order valence-corrected chi connectivity index (χ2v) is 7.75. The highest BCUT2D eigenvalue weighted by Gasteiger charge is 2.40. The molecule has 94 valence electrons. The molecular formula is C13H16Cl2OS. The summed E-state index contributed by atoms with van der Waals surface area (Å²) in [6.45, 7) is 0. The number of hydrogen-bond donors (Lipinski definition) is 1. The standard InChI is InChI=1S/C13H16Cl2OS/c14-12-6-10(13(15)17-12)11(16)5-9-4-7-1-2-8(9)3-7/h6-9,11,16H,1-5H2. The van der Waals surface area contributed by atoms with Crippen molar-refractivity contribution >= 4 is 34.5 Å². The van der Waals surface area contributed by atoms with E-state index in [1.807, 2.05) is 6.07 Å². The van der Waals surface area contributed by atoms with Gasteiger partial charge in [-0.05, 0) is 49.5 Å². The Morgan fingerprint density at radius 1 is 1.35 bits per heavy atom. The lowest BCUT2D eigenvalue weighted by molar-refractivity contribution is 0.126. The zero-order valence-corrected chi connectivity index (χ0v) is 11.9. The van der Waals surface area contributed by atoms with Crippen molar-refractivity contribution in [2.24, 2.45) is 17.8 Å². The van der Waals surface area contributed by atoms with Crippen LogP contribution < -0.4 is 0 Å². The van der Waals surface area contributed by atoms with Crippen LogP contribution in [0.25, 0.3) is 0 Å². The van der Waals surface area contributed by atoms with Gasteiger partial charge in [-0.2, -0.15) is 0 Å². The molecule has 0 saturated heterocycles. The number of thiophene rings is 1. The average Bonchev–Trinajstić information content (AvgIpc) is 2.93. The fraction of sp³-hybridized carbons (Fsp3) is 0.692. The Balaban J connectivity index is 1.67. The van der Waals surface area contributed by atoms with Crippen LogP contribution in [0.1, 0.15) is 43.8 Å². The van der Waals surface area contributed by atoms with Gasteiger partial charge in [-0.3, -0.25) is 0 Å². The van der Waals surface area contributed by atoms with Crippen LogP contribution >= 0.6 is 34.5 Å². The van der Waals surface area contributed by atoms with Gasteiger partial charge in [0, 0.05) is 5.56 Å². The van der Waals surface area contributed by atoms with Crippen LogP contribution in [0.15, 0.2) is 6.07 Å². The van der Waals surface area contributed by atoms with Crippen LogP contribution in [0.3, 0.4) is 0 Å². The fourth-order valence-electron chi connectivity index (χ4n) is 3.66. The second kappa shape index (κ2) is 4.73. The maximum Gasteiger partial charge on any atom is 0.100 e. The number of halogens is 2. The molecule has 1 aromatic rings. The van der Waals surface area contributed by atoms with Gasteiger partial charge in [0.25, 0.3) is 0 Å². The highest BCUT2D eigenvalue weighted by Crippen LogP contribution is 2.51. The Bertz CT molecular complexity index is 418. The molecule has 4 heteroatoms. The summed E-state index contributed by atoms with van der Waals surface area (Å²) in [4.78, 5) is 0. The summed E-state index contributed by atoms with van der Waals surface area (Å²) >= 11 is 13.3. The van der Waals surface area contributed by atoms with Gasteiger partial charge in [-0.1, -0.05) is 29.6 Å². The van der Waals surface area contributed by atoms with Crippen molar-refractivity contribution in [2.75, 3.05) is 0 Å². The number of hydrogen-bond acceptors (Lipinski definition) is 2. The van der Waals surface area contributed by atoms with Gasteiger partial charge in [-0.25, -0.2) is 0 Å². The average molecular weight is 291 g/mol. The molecular weight excluding hydrogens is 275 g/mol. The Morgan fingerprint density at radius 2 is 2.18 bits per heavy atom. The van der Waals surface area contributed by atoms with E-state index in [2.05, 4.69) is 0 Å². The minimum atomic E-state index is -0.435. The molecule has 17 heavy (non-hydrogen) atoms. The fourth-order valence-corrected chi connectivity index (χ4v) is 5.23. The Kier molecular flexibility index (Phi) is 3.42. The zero-order valence-electron chi connectivity index (χ0n) is 9.53. The summed E-state index contributed by atoms with van der Waals surface area (Å²) in [5.74, 6) is 2.47. The minimum absolute atomic E-state index is 0.435. The van der Waals surface area contributed by atoms with Crippen molar-refractivity contribution in [2.45, 2.75) is 38.2 Å². The van der Waals surface area contributed by atoms with Crippen LogP contribution in [0, 0.1) is 17.8 Å². The van der Waals surface area contributed by atoms with E-state index < -0.39 is 6.10 Å². The summed E-state index contributed by atoms with van der Waals surface area (Å²) in [7, 11) is 0. The van der Waals surface area contributed by atoms with Gasteiger partial charge in [0.05, 0.1) is 10.4 Å². The maximum atomic E-state index is 10.3. The highest BCUT2D eigenvalue weighted by atomic mass is 35.5. The summed E-state index contributed by atoms with van der Waals surface area (Å²) in [5, 5.41) is 10.3. The molecule has 1 aromatic heterocycles. The summed E-state index contributed by atoms with van der Waals surface area (Å²) in [6.07, 6.45) is 5.87. The van der Waals surface area contributed by atoms with Crippen molar-refractivity contribution in [1.29, 1.82) is 0 Å². The van der Waals surface area contributed by atoms with Gasteiger partial charge >= 0.3 is 0 Å². The van der Waals surface area contributed by atoms with Gasteiger partial charge in [-0.15, -0.1) is 11.3 Å². The van der Waals surface area contributed by atoms with E-state index in [-0.39, 0.29) is 0 Å². The van der Waals surface area contributed by atoms with Gasteiger partial charge in [0.15, 0.2) is 0 Å². The van der Waals surface area contributed by atoms with E-state index in [0.717, 1.165) is 23.8 Å². The molecule has 4 atom stereocenters. The van der Waals surface area contributed by atoms with E-state index >= 15 is 0 Å². The van der Waals surface area contributed by atoms with Crippen molar-refractivity contribution in [3.63, 3.8) is 0 Å². The molecule has 1 nitrogen and oxygen atoms in total. The highest BCUT2D eigenvalue weighted by molar-refractivity contribution is 7.20. The predicted octanol–water partition coefficient (Wildman–Crippen LogP) is 4.91. The SMILES string of the molecule is OC(CC1CC2CCC1C2)c1cc(Cl)sc1Cl. The van der Waals surface area contributed by atoms with E-state index in [9.17, 15) is 5.11 Å². The Labute approximate surface area is 116 Å². The topological polar surface area (TPSA) is 20.2 Å². The molecule has 4 unspecified atom stereocenters. The second-order valence-electron chi connectivity index (χ2n) is 5.47. The van der Waals surface area contributed by atoms with Crippen LogP contribution in [0.5, 0.6) is 0 Å². The zero-order chi connectivity index (χ0) is 12.0. The van der Waals surface area contributed by atoms with E-state index in [1.165, 1.54) is 37.0 Å². The van der Waals surface area contributed by atoms with E-state index in [0.29, 0.717) is 14.6 Å². The molecule has 1 heterocycles. The lowest BCUT2D eigenvalue weighted by atomic mass is 9.84. The summed E-state index contributed by atoms with van der Waals surface area (Å²) in [5.41, 5.74) is 0.824. The number of fused-ring (bicyclic) bond motifs is 2. The molecule has 2 bridgehead atoms. The van der Waals surface area contributed by atoms with Crippen LogP contribution in [-0.2, 0) is 0 Å². The molecule has 0 radical (unpaired) electrons. The first-order valence-corrected chi connectivity index (χ1v) is 7.83. The predicted molar refractivity (Wildman–Crippen MR) is 72.9 cm³/mol. The minimum Gasteiger partial charge on any atom is -0.388 e. The summed E-state index contributed by atoms with van der Waals surface area (Å²) in [6, 6.07) is 1.81. The number of rotatable bonds is 3. The normalized spacial score (nSPS) is 33.2. The van der Waals surface area contributed by atoms with Crippen LogP contribution in [-0.4, -0.2) is 5.11 Å². The molecule has 2 fully saturated rings. The molecule has 0 amide bonds. The molecule has 0 aliphatic heterocycles. The molecule has 3 rings (SSSR count). The molecule has 2 saturated carbocycles.